The molecule has 0 radical (unpaired) electrons. The van der Waals surface area contributed by atoms with Gasteiger partial charge in [0.05, 0.1) is 0 Å². The van der Waals surface area contributed by atoms with Crippen molar-refractivity contribution >= 4 is 30.5 Å². The molecule has 2 rings (SSSR count). The number of ether oxygens (including phenoxy) is 1. The van der Waals surface area contributed by atoms with Gasteiger partial charge in [0.15, 0.2) is 0 Å². The number of benzene rings is 1. The number of rotatable bonds is 1. The van der Waals surface area contributed by atoms with E-state index in [2.05, 4.69) is 0 Å². The van der Waals surface area contributed by atoms with Crippen molar-refractivity contribution in [3.8, 4) is 0 Å². The van der Waals surface area contributed by atoms with Crippen molar-refractivity contribution in [3.05, 3.63) is 34.6 Å². The molecule has 0 saturated heterocycles. The number of nitrogens with zero attached hydrogens (tertiary/aromatic N) is 1. The second-order valence-corrected chi connectivity index (χ2v) is 4.96. The van der Waals surface area contributed by atoms with Gasteiger partial charge in [0.25, 0.3) is 0 Å². The van der Waals surface area contributed by atoms with Crippen LogP contribution in [0.25, 0.3) is 9.65 Å². The van der Waals surface area contributed by atoms with Gasteiger partial charge in [-0.05, 0) is 0 Å². The van der Waals surface area contributed by atoms with E-state index >= 15 is 0 Å². The zero-order valence-corrected chi connectivity index (χ0v) is 9.81. The summed E-state index contributed by atoms with van der Waals surface area (Å²) in [6, 6.07) is 7.26. The van der Waals surface area contributed by atoms with Gasteiger partial charge in [-0.15, -0.1) is 0 Å². The molecule has 5 heteroatoms. The van der Waals surface area contributed by atoms with E-state index in [-0.39, 0.29) is 26.9 Å². The monoisotopic (exact) mass is 271 g/mol. The molecular weight excluding hydrogens is 261 g/mol. The van der Waals surface area contributed by atoms with Gasteiger partial charge in [-0.3, -0.25) is 0 Å². The van der Waals surface area contributed by atoms with Crippen molar-refractivity contribution < 1.29 is 9.53 Å². The number of aromatic nitrogens is 1. The molecule has 1 heterocycles. The Morgan fingerprint density at radius 3 is 2.87 bits per heavy atom. The third kappa shape index (κ3) is 1.76. The quantitative estimate of drug-likeness (QED) is 0.728. The molecule has 1 aromatic heterocycles. The molecule has 0 bridgehead atoms. The van der Waals surface area contributed by atoms with Crippen LogP contribution in [0.2, 0.25) is 0 Å². The van der Waals surface area contributed by atoms with Crippen LogP contribution in [0.3, 0.4) is 0 Å². The number of carbonyl (C=O) groups excluding carboxylic acids is 1. The van der Waals surface area contributed by atoms with E-state index in [0.29, 0.717) is 5.39 Å². The van der Waals surface area contributed by atoms with Crippen molar-refractivity contribution in [2.24, 2.45) is 0 Å². The zero-order chi connectivity index (χ0) is 10.8. The zero-order valence-electron chi connectivity index (χ0n) is 8.10. The Hall–Kier alpha value is -1.32. The molecule has 0 fully saturated rings. The normalized spacial score (nSPS) is 10.5. The summed E-state index contributed by atoms with van der Waals surface area (Å²) in [4.78, 5) is 23.2. The van der Waals surface area contributed by atoms with E-state index in [1.165, 1.54) is 3.56 Å². The molecular formula is C10H9NO3Se. The Morgan fingerprint density at radius 2 is 2.20 bits per heavy atom. The van der Waals surface area contributed by atoms with Gasteiger partial charge in [-0.2, -0.15) is 0 Å². The predicted octanol–water partition coefficient (Wildman–Crippen LogP) is 1.06. The Labute approximate surface area is 92.1 Å². The van der Waals surface area contributed by atoms with E-state index in [4.69, 9.17) is 4.74 Å². The number of carbonyl (C=O) groups is 1. The Balaban J connectivity index is 2.58. The van der Waals surface area contributed by atoms with E-state index < -0.39 is 6.09 Å². The standard InChI is InChI=1S/C10H9NO3Se/c1-2-14-10(13)11-9(12)7-5-3-4-6-8(7)15-11/h3-6H,2H2,1H3. The summed E-state index contributed by atoms with van der Waals surface area (Å²) in [6.45, 7) is 2.01. The van der Waals surface area contributed by atoms with Gasteiger partial charge < -0.3 is 0 Å². The molecule has 78 valence electrons. The van der Waals surface area contributed by atoms with Crippen LogP contribution in [0.4, 0.5) is 4.79 Å². The molecule has 0 aliphatic carbocycles. The molecule has 0 saturated carbocycles. The van der Waals surface area contributed by atoms with Crippen LogP contribution < -0.4 is 5.56 Å². The average molecular weight is 270 g/mol. The fourth-order valence-corrected chi connectivity index (χ4v) is 3.16. The van der Waals surface area contributed by atoms with Crippen molar-refractivity contribution in [1.82, 2.24) is 3.56 Å². The molecule has 0 aliphatic heterocycles. The maximum atomic E-state index is 11.8. The summed E-state index contributed by atoms with van der Waals surface area (Å²) < 4.78 is 6.92. The molecule has 0 spiro atoms. The van der Waals surface area contributed by atoms with Crippen LogP contribution in [0, 0.1) is 0 Å². The second-order valence-electron chi connectivity index (χ2n) is 2.89. The molecule has 0 unspecified atom stereocenters. The molecule has 0 N–H and O–H groups in total. The molecule has 15 heavy (non-hydrogen) atoms. The average Bonchev–Trinajstić information content (AvgIpc) is 2.57. The van der Waals surface area contributed by atoms with Gasteiger partial charge in [-0.25, -0.2) is 0 Å². The first-order chi connectivity index (χ1) is 7.24. The van der Waals surface area contributed by atoms with E-state index in [1.807, 2.05) is 12.1 Å². The van der Waals surface area contributed by atoms with Gasteiger partial charge in [0.2, 0.25) is 0 Å². The first kappa shape index (κ1) is 10.2. The van der Waals surface area contributed by atoms with Crippen molar-refractivity contribution in [2.45, 2.75) is 6.92 Å². The SMILES string of the molecule is CCOC(=O)n1[se]c2ccccc2c1=O. The van der Waals surface area contributed by atoms with Gasteiger partial charge >= 0.3 is 91.7 Å². The van der Waals surface area contributed by atoms with Crippen LogP contribution in [0.1, 0.15) is 6.92 Å². The van der Waals surface area contributed by atoms with E-state index in [1.54, 1.807) is 19.1 Å². The molecule has 0 atom stereocenters. The number of hydrogen-bond acceptors (Lipinski definition) is 3. The Bertz CT molecular complexity index is 555. The van der Waals surface area contributed by atoms with E-state index in [0.717, 1.165) is 4.26 Å². The van der Waals surface area contributed by atoms with Gasteiger partial charge in [-0.1, -0.05) is 0 Å². The molecule has 0 aliphatic rings. The van der Waals surface area contributed by atoms with Crippen LogP contribution >= 0.6 is 0 Å². The Kier molecular flexibility index (Phi) is 2.75. The molecule has 0 amide bonds. The van der Waals surface area contributed by atoms with Gasteiger partial charge in [0.1, 0.15) is 0 Å². The summed E-state index contributed by atoms with van der Waals surface area (Å²) >= 11 is -0.278. The minimum atomic E-state index is -0.543. The van der Waals surface area contributed by atoms with Crippen molar-refractivity contribution in [3.63, 3.8) is 0 Å². The fourth-order valence-electron chi connectivity index (χ4n) is 1.27. The topological polar surface area (TPSA) is 48.3 Å². The first-order valence-corrected chi connectivity index (χ1v) is 6.14. The second kappa shape index (κ2) is 4.04. The van der Waals surface area contributed by atoms with Crippen LogP contribution in [-0.4, -0.2) is 31.0 Å². The van der Waals surface area contributed by atoms with Crippen molar-refractivity contribution in [1.29, 1.82) is 0 Å². The summed E-state index contributed by atoms with van der Waals surface area (Å²) in [5.74, 6) is 0. The molecule has 4 nitrogen and oxygen atoms in total. The summed E-state index contributed by atoms with van der Waals surface area (Å²) in [7, 11) is 0. The third-order valence-electron chi connectivity index (χ3n) is 1.93. The Morgan fingerprint density at radius 1 is 1.47 bits per heavy atom. The summed E-state index contributed by atoms with van der Waals surface area (Å²) in [5.41, 5.74) is -0.246. The first-order valence-electron chi connectivity index (χ1n) is 4.52. The minimum absolute atomic E-state index is 0.246. The number of fused-ring (bicyclic) bond motifs is 1. The number of hydrogen-bond donors (Lipinski definition) is 0. The third-order valence-corrected chi connectivity index (χ3v) is 4.13. The van der Waals surface area contributed by atoms with Crippen LogP contribution in [-0.2, 0) is 4.74 Å². The fraction of sp³-hybridized carbons (Fsp3) is 0.200. The van der Waals surface area contributed by atoms with Crippen LogP contribution in [0.15, 0.2) is 29.1 Å². The summed E-state index contributed by atoms with van der Waals surface area (Å²) in [6.07, 6.45) is -0.543. The van der Waals surface area contributed by atoms with E-state index in [9.17, 15) is 9.59 Å². The molecule has 1 aromatic carbocycles. The summed E-state index contributed by atoms with van der Waals surface area (Å²) in [5, 5.41) is 0.616. The van der Waals surface area contributed by atoms with Crippen molar-refractivity contribution in [2.75, 3.05) is 6.61 Å². The van der Waals surface area contributed by atoms with Gasteiger partial charge in [0, 0.05) is 0 Å². The predicted molar refractivity (Wildman–Crippen MR) is 57.6 cm³/mol. The molecule has 2 aromatic rings. The maximum absolute atomic E-state index is 11.8. The van der Waals surface area contributed by atoms with Crippen LogP contribution in [0.5, 0.6) is 0 Å².